The molecule has 1 aromatic heterocycles. The van der Waals surface area contributed by atoms with E-state index >= 15 is 0 Å². The number of halogens is 1. The number of thiophene rings is 1. The third kappa shape index (κ3) is 3.30. The number of nitrogens with one attached hydrogen (secondary N) is 2. The van der Waals surface area contributed by atoms with Gasteiger partial charge in [-0.2, -0.15) is 0 Å². The zero-order chi connectivity index (χ0) is 12.3. The number of carbonyl (C=O) groups is 1. The first-order chi connectivity index (χ1) is 8.18. The first kappa shape index (κ1) is 13.1. The van der Waals surface area contributed by atoms with Crippen LogP contribution in [0.5, 0.6) is 0 Å². The number of carbonyl (C=O) groups excluding carboxylic acids is 1. The van der Waals surface area contributed by atoms with Crippen molar-refractivity contribution in [1.29, 1.82) is 0 Å². The van der Waals surface area contributed by atoms with Crippen LogP contribution in [0.1, 0.15) is 29.4 Å². The third-order valence-corrected chi connectivity index (χ3v) is 5.06. The molecule has 3 nitrogen and oxygen atoms in total. The van der Waals surface area contributed by atoms with Gasteiger partial charge in [-0.3, -0.25) is 4.79 Å². The van der Waals surface area contributed by atoms with Crippen molar-refractivity contribution in [2.45, 2.75) is 25.8 Å². The van der Waals surface area contributed by atoms with E-state index in [1.54, 1.807) is 0 Å². The van der Waals surface area contributed by atoms with Crippen LogP contribution in [0, 0.1) is 5.92 Å². The van der Waals surface area contributed by atoms with Crippen LogP contribution in [0.4, 0.5) is 0 Å². The van der Waals surface area contributed by atoms with Gasteiger partial charge in [-0.25, -0.2) is 0 Å². The molecule has 2 heterocycles. The van der Waals surface area contributed by atoms with Crippen LogP contribution < -0.4 is 10.6 Å². The normalized spacial score (nSPS) is 22.1. The fraction of sp³-hybridized carbons (Fsp3) is 0.583. The van der Waals surface area contributed by atoms with Gasteiger partial charge in [0.15, 0.2) is 0 Å². The predicted octanol–water partition coefficient (Wildman–Crippen LogP) is 2.63. The lowest BCUT2D eigenvalue weighted by Gasteiger charge is -2.28. The van der Waals surface area contributed by atoms with Gasteiger partial charge in [-0.05, 0) is 66.1 Å². The summed E-state index contributed by atoms with van der Waals surface area (Å²) in [4.78, 5) is 12.8. The van der Waals surface area contributed by atoms with E-state index in [2.05, 4.69) is 33.5 Å². The molecule has 2 rings (SSSR count). The number of amides is 1. The Bertz CT molecular complexity index is 388. The molecule has 0 bridgehead atoms. The fourth-order valence-electron chi connectivity index (χ4n) is 2.15. The number of hydrogen-bond acceptors (Lipinski definition) is 3. The highest BCUT2D eigenvalue weighted by molar-refractivity contribution is 9.10. The first-order valence-electron chi connectivity index (χ1n) is 5.93. The molecule has 1 fully saturated rings. The SMILES string of the molecule is CC(NC(=O)c1sccc1Br)C1CCCNC1. The van der Waals surface area contributed by atoms with Crippen molar-refractivity contribution >= 4 is 33.2 Å². The van der Waals surface area contributed by atoms with Gasteiger partial charge in [0.2, 0.25) is 0 Å². The second-order valence-corrected chi connectivity index (χ2v) is 6.24. The molecule has 5 heteroatoms. The Kier molecular flexibility index (Phi) is 4.59. The molecule has 2 atom stereocenters. The molecule has 0 spiro atoms. The minimum atomic E-state index is 0.0324. The Morgan fingerprint density at radius 2 is 2.53 bits per heavy atom. The average molecular weight is 317 g/mol. The predicted molar refractivity (Wildman–Crippen MR) is 74.5 cm³/mol. The lowest BCUT2D eigenvalue weighted by Crippen LogP contribution is -2.44. The molecule has 0 aromatic carbocycles. The summed E-state index contributed by atoms with van der Waals surface area (Å²) < 4.78 is 0.883. The van der Waals surface area contributed by atoms with Gasteiger partial charge in [-0.1, -0.05) is 0 Å². The minimum Gasteiger partial charge on any atom is -0.349 e. The largest absolute Gasteiger partial charge is 0.349 e. The van der Waals surface area contributed by atoms with E-state index < -0.39 is 0 Å². The van der Waals surface area contributed by atoms with Crippen molar-refractivity contribution in [3.63, 3.8) is 0 Å². The van der Waals surface area contributed by atoms with E-state index in [1.807, 2.05) is 11.4 Å². The molecule has 1 aromatic rings. The van der Waals surface area contributed by atoms with E-state index in [1.165, 1.54) is 24.2 Å². The quantitative estimate of drug-likeness (QED) is 0.900. The second-order valence-electron chi connectivity index (χ2n) is 4.47. The lowest BCUT2D eigenvalue weighted by molar-refractivity contribution is 0.0925. The highest BCUT2D eigenvalue weighted by atomic mass is 79.9. The second kappa shape index (κ2) is 5.98. The van der Waals surface area contributed by atoms with Crippen LogP contribution in [0.2, 0.25) is 0 Å². The van der Waals surface area contributed by atoms with Crippen LogP contribution in [-0.4, -0.2) is 25.0 Å². The van der Waals surface area contributed by atoms with E-state index in [9.17, 15) is 4.79 Å². The summed E-state index contributed by atoms with van der Waals surface area (Å²) >= 11 is 4.86. The molecule has 1 aliphatic heterocycles. The van der Waals surface area contributed by atoms with E-state index in [4.69, 9.17) is 0 Å². The molecule has 94 valence electrons. The highest BCUT2D eigenvalue weighted by Gasteiger charge is 2.22. The van der Waals surface area contributed by atoms with Crippen LogP contribution in [0.15, 0.2) is 15.9 Å². The van der Waals surface area contributed by atoms with E-state index in [0.717, 1.165) is 22.4 Å². The monoisotopic (exact) mass is 316 g/mol. The zero-order valence-corrected chi connectivity index (χ0v) is 12.2. The Morgan fingerprint density at radius 1 is 1.71 bits per heavy atom. The first-order valence-corrected chi connectivity index (χ1v) is 7.60. The summed E-state index contributed by atoms with van der Waals surface area (Å²) in [7, 11) is 0. The summed E-state index contributed by atoms with van der Waals surface area (Å²) in [5.41, 5.74) is 0. The van der Waals surface area contributed by atoms with Crippen LogP contribution in [-0.2, 0) is 0 Å². The van der Waals surface area contributed by atoms with Gasteiger partial charge >= 0.3 is 0 Å². The van der Waals surface area contributed by atoms with Crippen LogP contribution in [0.3, 0.4) is 0 Å². The van der Waals surface area contributed by atoms with Crippen molar-refractivity contribution in [1.82, 2.24) is 10.6 Å². The van der Waals surface area contributed by atoms with Crippen molar-refractivity contribution in [2.75, 3.05) is 13.1 Å². The minimum absolute atomic E-state index is 0.0324. The standard InChI is InChI=1S/C12H17BrN2OS/c1-8(9-3-2-5-14-7-9)15-12(16)11-10(13)4-6-17-11/h4,6,8-9,14H,2-3,5,7H2,1H3,(H,15,16). The summed E-state index contributed by atoms with van der Waals surface area (Å²) in [6, 6.07) is 2.14. The Morgan fingerprint density at radius 3 is 3.12 bits per heavy atom. The molecular weight excluding hydrogens is 300 g/mol. The Hall–Kier alpha value is -0.390. The number of rotatable bonds is 3. The molecule has 0 saturated carbocycles. The van der Waals surface area contributed by atoms with E-state index in [-0.39, 0.29) is 11.9 Å². The van der Waals surface area contributed by atoms with Gasteiger partial charge in [0, 0.05) is 10.5 Å². The molecule has 2 N–H and O–H groups in total. The molecule has 17 heavy (non-hydrogen) atoms. The summed E-state index contributed by atoms with van der Waals surface area (Å²) in [6.45, 7) is 4.21. The van der Waals surface area contributed by atoms with Crippen molar-refractivity contribution in [3.05, 3.63) is 20.8 Å². The van der Waals surface area contributed by atoms with Gasteiger partial charge in [0.25, 0.3) is 5.91 Å². The van der Waals surface area contributed by atoms with Gasteiger partial charge < -0.3 is 10.6 Å². The molecular formula is C12H17BrN2OS. The van der Waals surface area contributed by atoms with Gasteiger partial charge in [0.1, 0.15) is 4.88 Å². The summed E-state index contributed by atoms with van der Waals surface area (Å²) in [6.07, 6.45) is 2.40. The molecule has 1 amide bonds. The number of hydrogen-bond donors (Lipinski definition) is 2. The summed E-state index contributed by atoms with van der Waals surface area (Å²) in [5.74, 6) is 0.580. The molecule has 1 saturated heterocycles. The van der Waals surface area contributed by atoms with Gasteiger partial charge in [-0.15, -0.1) is 11.3 Å². The van der Waals surface area contributed by atoms with Crippen LogP contribution in [0.25, 0.3) is 0 Å². The molecule has 2 unspecified atom stereocenters. The molecule has 0 aliphatic carbocycles. The fourth-order valence-corrected chi connectivity index (χ4v) is 3.61. The zero-order valence-electron chi connectivity index (χ0n) is 9.83. The maximum atomic E-state index is 12.0. The summed E-state index contributed by atoms with van der Waals surface area (Å²) in [5, 5.41) is 8.39. The average Bonchev–Trinajstić information content (AvgIpc) is 2.76. The lowest BCUT2D eigenvalue weighted by atomic mass is 9.93. The van der Waals surface area contributed by atoms with Crippen molar-refractivity contribution < 1.29 is 4.79 Å². The highest BCUT2D eigenvalue weighted by Crippen LogP contribution is 2.23. The topological polar surface area (TPSA) is 41.1 Å². The molecule has 1 aliphatic rings. The maximum absolute atomic E-state index is 12.0. The Balaban J connectivity index is 1.92. The Labute approximate surface area is 114 Å². The number of piperidine rings is 1. The third-order valence-electron chi connectivity index (χ3n) is 3.22. The smallest absolute Gasteiger partial charge is 0.262 e. The van der Waals surface area contributed by atoms with Gasteiger partial charge in [0.05, 0.1) is 0 Å². The van der Waals surface area contributed by atoms with Crippen molar-refractivity contribution in [2.24, 2.45) is 5.92 Å². The maximum Gasteiger partial charge on any atom is 0.262 e. The van der Waals surface area contributed by atoms with Crippen LogP contribution >= 0.6 is 27.3 Å². The van der Waals surface area contributed by atoms with E-state index in [0.29, 0.717) is 5.92 Å². The van der Waals surface area contributed by atoms with Crippen molar-refractivity contribution in [3.8, 4) is 0 Å². The molecule has 0 radical (unpaired) electrons.